The second kappa shape index (κ2) is 6.90. The van der Waals surface area contributed by atoms with Crippen LogP contribution in [0, 0.1) is 0 Å². The molecule has 0 aliphatic heterocycles. The van der Waals surface area contributed by atoms with Gasteiger partial charge in [0.25, 0.3) is 10.1 Å². The zero-order chi connectivity index (χ0) is 12.8. The Morgan fingerprint density at radius 1 is 0.700 bits per heavy atom. The summed E-state index contributed by atoms with van der Waals surface area (Å²) >= 11 is 0. The summed E-state index contributed by atoms with van der Waals surface area (Å²) in [5.41, 5.74) is 0. The summed E-state index contributed by atoms with van der Waals surface area (Å²) in [6.45, 7) is 0. The first-order valence-corrected chi connectivity index (χ1v) is 6.88. The zero-order valence-corrected chi connectivity index (χ0v) is 10.2. The van der Waals surface area contributed by atoms with Crippen LogP contribution < -0.4 is 0 Å². The molecule has 0 saturated carbocycles. The van der Waals surface area contributed by atoms with E-state index in [1.165, 1.54) is 12.1 Å². The standard InChI is InChI=1S/C14H10O3S.2Na.2H/c15-18(16,17)14-6-5-12-7-10-3-1-2-4-11(10)8-13(12)9-14;;;;/h1-9H,(H,15,16,17);;;;. The molecule has 0 atom stereocenters. The van der Waals surface area contributed by atoms with Crippen molar-refractivity contribution < 1.29 is 13.0 Å². The van der Waals surface area contributed by atoms with Gasteiger partial charge in [-0.15, -0.1) is 0 Å². The molecule has 0 aliphatic rings. The van der Waals surface area contributed by atoms with Gasteiger partial charge in [0.15, 0.2) is 0 Å². The van der Waals surface area contributed by atoms with E-state index in [9.17, 15) is 8.42 Å². The molecule has 3 aromatic carbocycles. The fourth-order valence-electron chi connectivity index (χ4n) is 2.08. The van der Waals surface area contributed by atoms with E-state index >= 15 is 0 Å². The third kappa shape index (κ3) is 3.64. The molecule has 0 spiro atoms. The quantitative estimate of drug-likeness (QED) is 0.425. The van der Waals surface area contributed by atoms with Crippen LogP contribution in [0.4, 0.5) is 0 Å². The molecule has 0 bridgehead atoms. The predicted octanol–water partition coefficient (Wildman–Crippen LogP) is 1.94. The van der Waals surface area contributed by atoms with E-state index in [1.54, 1.807) is 6.07 Å². The molecule has 0 aliphatic carbocycles. The Morgan fingerprint density at radius 2 is 1.20 bits per heavy atom. The van der Waals surface area contributed by atoms with E-state index in [0.29, 0.717) is 0 Å². The van der Waals surface area contributed by atoms with E-state index in [-0.39, 0.29) is 64.0 Å². The number of hydrogen-bond acceptors (Lipinski definition) is 2. The normalized spacial score (nSPS) is 10.8. The molecule has 1 N–H and O–H groups in total. The van der Waals surface area contributed by atoms with E-state index in [0.717, 1.165) is 21.5 Å². The Balaban J connectivity index is 0.000001000. The maximum atomic E-state index is 11.1. The third-order valence-electron chi connectivity index (χ3n) is 2.97. The Morgan fingerprint density at radius 3 is 1.75 bits per heavy atom. The van der Waals surface area contributed by atoms with Crippen LogP contribution in [0.25, 0.3) is 21.5 Å². The van der Waals surface area contributed by atoms with Crippen LogP contribution in [0.3, 0.4) is 0 Å². The van der Waals surface area contributed by atoms with Crippen LogP contribution in [0.5, 0.6) is 0 Å². The van der Waals surface area contributed by atoms with Crippen LogP contribution in [-0.4, -0.2) is 72.1 Å². The number of hydrogen-bond donors (Lipinski definition) is 1. The Labute approximate surface area is 161 Å². The minimum atomic E-state index is -4.15. The van der Waals surface area contributed by atoms with Crippen molar-refractivity contribution in [3.05, 3.63) is 54.6 Å². The van der Waals surface area contributed by atoms with Gasteiger partial charge in [-0.25, -0.2) is 0 Å². The Bertz CT molecular complexity index is 861. The van der Waals surface area contributed by atoms with Crippen molar-refractivity contribution in [2.45, 2.75) is 4.90 Å². The van der Waals surface area contributed by atoms with Gasteiger partial charge in [-0.3, -0.25) is 4.55 Å². The molecule has 6 heteroatoms. The zero-order valence-electron chi connectivity index (χ0n) is 9.37. The van der Waals surface area contributed by atoms with Crippen LogP contribution in [-0.2, 0) is 10.1 Å². The van der Waals surface area contributed by atoms with Crippen LogP contribution in [0.15, 0.2) is 59.5 Å². The minimum absolute atomic E-state index is 0. The molecule has 0 saturated heterocycles. The van der Waals surface area contributed by atoms with Crippen molar-refractivity contribution in [1.29, 1.82) is 0 Å². The van der Waals surface area contributed by atoms with E-state index < -0.39 is 10.1 Å². The molecular formula is C14H12Na2O3S. The topological polar surface area (TPSA) is 54.4 Å². The molecule has 3 aromatic rings. The summed E-state index contributed by atoms with van der Waals surface area (Å²) in [6, 6.07) is 16.4. The molecule has 3 rings (SSSR count). The SMILES string of the molecule is O=S(=O)(O)c1ccc2cc3ccccc3cc2c1.[NaH].[NaH]. The van der Waals surface area contributed by atoms with Gasteiger partial charge in [-0.05, 0) is 45.8 Å². The average molecular weight is 306 g/mol. The summed E-state index contributed by atoms with van der Waals surface area (Å²) in [6.07, 6.45) is 0. The van der Waals surface area contributed by atoms with Gasteiger partial charge in [0.2, 0.25) is 0 Å². The van der Waals surface area contributed by atoms with Gasteiger partial charge in [0, 0.05) is 0 Å². The molecule has 0 heterocycles. The van der Waals surface area contributed by atoms with Gasteiger partial charge in [-0.2, -0.15) is 8.42 Å². The monoisotopic (exact) mass is 306 g/mol. The molecule has 0 radical (unpaired) electrons. The fraction of sp³-hybridized carbons (Fsp3) is 0. The second-order valence-corrected chi connectivity index (χ2v) is 5.60. The first kappa shape index (κ1) is 18.1. The van der Waals surface area contributed by atoms with Crippen molar-refractivity contribution in [1.82, 2.24) is 0 Å². The first-order valence-electron chi connectivity index (χ1n) is 5.44. The van der Waals surface area contributed by atoms with Crippen LogP contribution in [0.1, 0.15) is 0 Å². The summed E-state index contributed by atoms with van der Waals surface area (Å²) in [7, 11) is -4.15. The maximum absolute atomic E-state index is 11.1. The summed E-state index contributed by atoms with van der Waals surface area (Å²) < 4.78 is 31.2. The van der Waals surface area contributed by atoms with Gasteiger partial charge in [-0.1, -0.05) is 30.3 Å². The summed E-state index contributed by atoms with van der Waals surface area (Å²) in [4.78, 5) is -0.0784. The third-order valence-corrected chi connectivity index (χ3v) is 3.82. The van der Waals surface area contributed by atoms with E-state index in [1.807, 2.05) is 36.4 Å². The van der Waals surface area contributed by atoms with Crippen molar-refractivity contribution in [2.75, 3.05) is 0 Å². The summed E-state index contributed by atoms with van der Waals surface area (Å²) in [5.74, 6) is 0. The molecule has 0 aromatic heterocycles. The van der Waals surface area contributed by atoms with Crippen LogP contribution >= 0.6 is 0 Å². The van der Waals surface area contributed by atoms with Crippen molar-refractivity contribution >= 4 is 90.8 Å². The van der Waals surface area contributed by atoms with Crippen molar-refractivity contribution in [3.63, 3.8) is 0 Å². The number of rotatable bonds is 1. The first-order chi connectivity index (χ1) is 8.54. The van der Waals surface area contributed by atoms with E-state index in [2.05, 4.69) is 0 Å². The number of fused-ring (bicyclic) bond motifs is 2. The van der Waals surface area contributed by atoms with Gasteiger partial charge in [0.1, 0.15) is 0 Å². The molecule has 20 heavy (non-hydrogen) atoms. The fourth-order valence-corrected chi connectivity index (χ4v) is 2.59. The predicted molar refractivity (Wildman–Crippen MR) is 85.6 cm³/mol. The average Bonchev–Trinajstić information content (AvgIpc) is 2.34. The summed E-state index contributed by atoms with van der Waals surface area (Å²) in [5, 5.41) is 3.88. The Hall–Kier alpha value is 0.0900. The Kier molecular flexibility index (Phi) is 6.26. The molecule has 94 valence electrons. The van der Waals surface area contributed by atoms with Crippen molar-refractivity contribution in [2.24, 2.45) is 0 Å². The van der Waals surface area contributed by atoms with E-state index in [4.69, 9.17) is 4.55 Å². The second-order valence-electron chi connectivity index (χ2n) is 4.18. The molecule has 3 nitrogen and oxygen atoms in total. The molecule has 0 amide bonds. The molecule has 0 unspecified atom stereocenters. The molecule has 0 fully saturated rings. The van der Waals surface area contributed by atoms with Gasteiger partial charge in [0.05, 0.1) is 4.90 Å². The van der Waals surface area contributed by atoms with Gasteiger partial charge >= 0.3 is 59.1 Å². The van der Waals surface area contributed by atoms with Crippen LogP contribution in [0.2, 0.25) is 0 Å². The van der Waals surface area contributed by atoms with Crippen molar-refractivity contribution in [3.8, 4) is 0 Å². The molecular weight excluding hydrogens is 294 g/mol. The number of benzene rings is 3. The van der Waals surface area contributed by atoms with Gasteiger partial charge < -0.3 is 0 Å².